The molecule has 1 saturated heterocycles. The van der Waals surface area contributed by atoms with E-state index in [1.54, 1.807) is 6.07 Å². The molecule has 126 valence electrons. The van der Waals surface area contributed by atoms with Gasteiger partial charge in [0, 0.05) is 23.9 Å². The summed E-state index contributed by atoms with van der Waals surface area (Å²) in [6.45, 7) is 1.99. The monoisotopic (exact) mass is 353 g/mol. The Labute approximate surface area is 147 Å². The lowest BCUT2D eigenvalue weighted by atomic mass is 9.95. The van der Waals surface area contributed by atoms with Crippen molar-refractivity contribution < 1.29 is 4.39 Å². The van der Waals surface area contributed by atoms with E-state index in [2.05, 4.69) is 19.0 Å². The summed E-state index contributed by atoms with van der Waals surface area (Å²) in [5.41, 5.74) is 4.83. The van der Waals surface area contributed by atoms with Crippen LogP contribution in [0.5, 0.6) is 0 Å². The van der Waals surface area contributed by atoms with Crippen LogP contribution in [0.1, 0.15) is 24.5 Å². The second kappa shape index (κ2) is 5.86. The zero-order chi connectivity index (χ0) is 16.8. The van der Waals surface area contributed by atoms with Gasteiger partial charge in [-0.25, -0.2) is 9.37 Å². The first-order chi connectivity index (χ1) is 12.3. The summed E-state index contributed by atoms with van der Waals surface area (Å²) in [4.78, 5) is 4.55. The van der Waals surface area contributed by atoms with Crippen molar-refractivity contribution in [3.63, 3.8) is 0 Å². The van der Waals surface area contributed by atoms with Crippen LogP contribution >= 0.6 is 11.7 Å². The molecule has 0 spiro atoms. The molecule has 4 aromatic rings. The predicted octanol–water partition coefficient (Wildman–Crippen LogP) is 3.61. The minimum absolute atomic E-state index is 0.297. The van der Waals surface area contributed by atoms with Crippen LogP contribution in [-0.4, -0.2) is 31.2 Å². The molecule has 0 unspecified atom stereocenters. The van der Waals surface area contributed by atoms with Crippen LogP contribution in [0, 0.1) is 5.82 Å². The number of rotatable bonds is 2. The lowest BCUT2D eigenvalue weighted by Crippen LogP contribution is -2.26. The second-order valence-electron chi connectivity index (χ2n) is 6.47. The Morgan fingerprint density at radius 3 is 2.76 bits per heavy atom. The van der Waals surface area contributed by atoms with Crippen molar-refractivity contribution in [3.8, 4) is 11.1 Å². The van der Waals surface area contributed by atoms with Gasteiger partial charge in [-0.1, -0.05) is 6.07 Å². The van der Waals surface area contributed by atoms with Crippen molar-refractivity contribution in [3.05, 3.63) is 48.2 Å². The van der Waals surface area contributed by atoms with Gasteiger partial charge in [0.05, 0.1) is 17.4 Å². The Hall–Kier alpha value is -2.38. The van der Waals surface area contributed by atoms with Crippen molar-refractivity contribution in [1.29, 1.82) is 0 Å². The number of pyridine rings is 1. The van der Waals surface area contributed by atoms with Crippen LogP contribution in [0.25, 0.3) is 27.8 Å². The van der Waals surface area contributed by atoms with Gasteiger partial charge in [0.2, 0.25) is 0 Å². The average Bonchev–Trinajstić information content (AvgIpc) is 3.28. The first-order valence-electron chi connectivity index (χ1n) is 8.39. The van der Waals surface area contributed by atoms with E-state index >= 15 is 0 Å². The third-order valence-electron chi connectivity index (χ3n) is 4.87. The fourth-order valence-corrected chi connectivity index (χ4v) is 4.03. The molecule has 1 aliphatic rings. The number of nitrogens with one attached hydrogen (secondary N) is 1. The van der Waals surface area contributed by atoms with Gasteiger partial charge in [-0.3, -0.25) is 0 Å². The predicted molar refractivity (Wildman–Crippen MR) is 96.4 cm³/mol. The van der Waals surface area contributed by atoms with Crippen molar-refractivity contribution in [2.75, 3.05) is 13.1 Å². The zero-order valence-electron chi connectivity index (χ0n) is 13.4. The van der Waals surface area contributed by atoms with E-state index in [0.717, 1.165) is 53.8 Å². The number of aromatic nitrogens is 4. The molecule has 0 bridgehead atoms. The van der Waals surface area contributed by atoms with Gasteiger partial charge in [0.1, 0.15) is 11.0 Å². The van der Waals surface area contributed by atoms with Crippen molar-refractivity contribution in [2.24, 2.45) is 0 Å². The molecule has 0 aliphatic carbocycles. The average molecular weight is 353 g/mol. The highest BCUT2D eigenvalue weighted by Crippen LogP contribution is 2.28. The van der Waals surface area contributed by atoms with E-state index in [1.807, 2.05) is 35.0 Å². The molecule has 1 aliphatic heterocycles. The highest BCUT2D eigenvalue weighted by atomic mass is 32.1. The van der Waals surface area contributed by atoms with Crippen LogP contribution < -0.4 is 5.32 Å². The number of fused-ring (bicyclic) bond motifs is 2. The molecule has 1 aromatic carbocycles. The van der Waals surface area contributed by atoms with Crippen molar-refractivity contribution >= 4 is 28.4 Å². The third kappa shape index (κ3) is 2.60. The van der Waals surface area contributed by atoms with Gasteiger partial charge in [0.15, 0.2) is 11.5 Å². The van der Waals surface area contributed by atoms with Gasteiger partial charge in [0.25, 0.3) is 0 Å². The van der Waals surface area contributed by atoms with E-state index in [-0.39, 0.29) is 5.82 Å². The van der Waals surface area contributed by atoms with E-state index in [9.17, 15) is 4.39 Å². The van der Waals surface area contributed by atoms with Gasteiger partial charge >= 0.3 is 0 Å². The maximum absolute atomic E-state index is 14.6. The molecule has 25 heavy (non-hydrogen) atoms. The van der Waals surface area contributed by atoms with Gasteiger partial charge in [-0.05, 0) is 49.7 Å². The van der Waals surface area contributed by atoms with Crippen LogP contribution in [0.2, 0.25) is 0 Å². The molecule has 0 saturated carbocycles. The number of hydrogen-bond acceptors (Lipinski definition) is 5. The first-order valence-corrected chi connectivity index (χ1v) is 9.12. The SMILES string of the molecule is Fc1cc(-c2ccc3nsnc3c2)cn2cc(C3CCNCC3)nc12. The number of imidazole rings is 1. The molecule has 5 rings (SSSR count). The first kappa shape index (κ1) is 14.9. The smallest absolute Gasteiger partial charge is 0.173 e. The van der Waals surface area contributed by atoms with Crippen LogP contribution in [0.3, 0.4) is 0 Å². The van der Waals surface area contributed by atoms with Gasteiger partial charge in [-0.2, -0.15) is 8.75 Å². The molecular weight excluding hydrogens is 337 g/mol. The number of halogens is 1. The quantitative estimate of drug-likeness (QED) is 0.598. The Morgan fingerprint density at radius 2 is 1.88 bits per heavy atom. The highest BCUT2D eigenvalue weighted by molar-refractivity contribution is 7.00. The molecule has 0 radical (unpaired) electrons. The molecule has 5 nitrogen and oxygen atoms in total. The summed E-state index contributed by atoms with van der Waals surface area (Å²) < 4.78 is 24.9. The maximum atomic E-state index is 14.6. The third-order valence-corrected chi connectivity index (χ3v) is 5.43. The molecule has 0 amide bonds. The lowest BCUT2D eigenvalue weighted by Gasteiger charge is -2.20. The summed E-state index contributed by atoms with van der Waals surface area (Å²) in [5.74, 6) is 0.107. The number of benzene rings is 1. The van der Waals surface area contributed by atoms with E-state index in [0.29, 0.717) is 11.6 Å². The number of piperidine rings is 1. The van der Waals surface area contributed by atoms with Crippen molar-refractivity contribution in [2.45, 2.75) is 18.8 Å². The summed E-state index contributed by atoms with van der Waals surface area (Å²) in [5, 5.41) is 3.35. The van der Waals surface area contributed by atoms with Crippen LogP contribution in [0.15, 0.2) is 36.7 Å². The number of nitrogens with zero attached hydrogens (tertiary/aromatic N) is 4. The molecule has 1 N–H and O–H groups in total. The molecule has 1 fully saturated rings. The Morgan fingerprint density at radius 1 is 1.04 bits per heavy atom. The lowest BCUT2D eigenvalue weighted by molar-refractivity contribution is 0.454. The van der Waals surface area contributed by atoms with E-state index in [4.69, 9.17) is 0 Å². The Bertz CT molecular complexity index is 1060. The van der Waals surface area contributed by atoms with Crippen LogP contribution in [-0.2, 0) is 0 Å². The number of hydrogen-bond donors (Lipinski definition) is 1. The molecule has 3 aromatic heterocycles. The molecule has 4 heterocycles. The fourth-order valence-electron chi connectivity index (χ4n) is 3.51. The van der Waals surface area contributed by atoms with Gasteiger partial charge < -0.3 is 9.72 Å². The van der Waals surface area contributed by atoms with Crippen molar-refractivity contribution in [1.82, 2.24) is 23.4 Å². The Kier molecular flexibility index (Phi) is 3.50. The summed E-state index contributed by atoms with van der Waals surface area (Å²) in [6.07, 6.45) is 6.01. The van der Waals surface area contributed by atoms with Crippen LogP contribution in [0.4, 0.5) is 4.39 Å². The minimum atomic E-state index is -0.297. The summed E-state index contributed by atoms with van der Waals surface area (Å²) >= 11 is 1.19. The fraction of sp³-hybridized carbons (Fsp3) is 0.278. The highest BCUT2D eigenvalue weighted by Gasteiger charge is 2.19. The topological polar surface area (TPSA) is 55.1 Å². The molecular formula is C18H16FN5S. The maximum Gasteiger partial charge on any atom is 0.173 e. The normalized spacial score (nSPS) is 16.0. The second-order valence-corrected chi connectivity index (χ2v) is 6.99. The summed E-state index contributed by atoms with van der Waals surface area (Å²) in [7, 11) is 0. The summed E-state index contributed by atoms with van der Waals surface area (Å²) in [6, 6.07) is 7.37. The van der Waals surface area contributed by atoms with Gasteiger partial charge in [-0.15, -0.1) is 0 Å². The molecule has 0 atom stereocenters. The standard InChI is InChI=1S/C18H16FN5S/c19-14-7-13(12-1-2-15-16(8-12)23-25-22-15)9-24-10-17(21-18(14)24)11-3-5-20-6-4-11/h1-2,7-11,20H,3-6H2. The molecule has 7 heteroatoms. The van der Waals surface area contributed by atoms with E-state index < -0.39 is 0 Å². The minimum Gasteiger partial charge on any atom is -0.317 e. The zero-order valence-corrected chi connectivity index (χ0v) is 14.3. The van der Waals surface area contributed by atoms with E-state index in [1.165, 1.54) is 11.7 Å². The largest absolute Gasteiger partial charge is 0.317 e. The Balaban J connectivity index is 1.59.